The Bertz CT molecular complexity index is 349. The maximum Gasteiger partial charge on any atom is 0.325 e. The molecule has 0 saturated carbocycles. The molecule has 3 nitrogen and oxygen atoms in total. The van der Waals surface area contributed by atoms with Gasteiger partial charge in [-0.2, -0.15) is 0 Å². The normalized spacial score (nSPS) is 16.2. The van der Waals surface area contributed by atoms with Crippen LogP contribution in [0.25, 0.3) is 0 Å². The summed E-state index contributed by atoms with van der Waals surface area (Å²) in [4.78, 5) is 11.7. The standard InChI is InChI=1S/C12H15BrO3/c1-3-16-11(15)12(2,13)10(14)9-7-5-4-6-8-9/h4-8,10,14H,3H2,1-2H3/t10-,12+/m1/s1. The van der Waals surface area contributed by atoms with Crippen molar-refractivity contribution < 1.29 is 14.6 Å². The Kier molecular flexibility index (Phi) is 4.50. The predicted octanol–water partition coefficient (Wildman–Crippen LogP) is 2.44. The van der Waals surface area contributed by atoms with Gasteiger partial charge in [0, 0.05) is 0 Å². The fraction of sp³-hybridized carbons (Fsp3) is 0.417. The van der Waals surface area contributed by atoms with E-state index in [1.54, 1.807) is 26.0 Å². The third kappa shape index (κ3) is 2.83. The number of hydrogen-bond donors (Lipinski definition) is 1. The van der Waals surface area contributed by atoms with Gasteiger partial charge in [-0.1, -0.05) is 46.3 Å². The van der Waals surface area contributed by atoms with Gasteiger partial charge in [-0.15, -0.1) is 0 Å². The molecule has 0 aliphatic rings. The maximum atomic E-state index is 11.7. The van der Waals surface area contributed by atoms with Crippen molar-refractivity contribution in [3.05, 3.63) is 35.9 Å². The third-order valence-electron chi connectivity index (χ3n) is 2.30. The monoisotopic (exact) mass is 286 g/mol. The Labute approximate surface area is 104 Å². The number of esters is 1. The lowest BCUT2D eigenvalue weighted by Gasteiger charge is -2.26. The molecular formula is C12H15BrO3. The van der Waals surface area contributed by atoms with Crippen molar-refractivity contribution in [2.45, 2.75) is 24.3 Å². The summed E-state index contributed by atoms with van der Waals surface area (Å²) in [6.45, 7) is 3.63. The van der Waals surface area contributed by atoms with Crippen LogP contribution in [0.2, 0.25) is 0 Å². The van der Waals surface area contributed by atoms with Crippen molar-refractivity contribution in [3.63, 3.8) is 0 Å². The predicted molar refractivity (Wildman–Crippen MR) is 65.4 cm³/mol. The highest BCUT2D eigenvalue weighted by Gasteiger charge is 2.40. The number of carbonyl (C=O) groups excluding carboxylic acids is 1. The molecule has 2 atom stereocenters. The van der Waals surface area contributed by atoms with Gasteiger partial charge in [0.25, 0.3) is 0 Å². The Morgan fingerprint density at radius 1 is 1.50 bits per heavy atom. The average molecular weight is 287 g/mol. The lowest BCUT2D eigenvalue weighted by Crippen LogP contribution is -2.37. The minimum atomic E-state index is -1.12. The Hall–Kier alpha value is -0.870. The van der Waals surface area contributed by atoms with Crippen LogP contribution in [0.5, 0.6) is 0 Å². The number of alkyl halides is 1. The molecule has 1 rings (SSSR count). The van der Waals surface area contributed by atoms with E-state index in [2.05, 4.69) is 15.9 Å². The topological polar surface area (TPSA) is 46.5 Å². The summed E-state index contributed by atoms with van der Waals surface area (Å²) in [5.74, 6) is -0.466. The van der Waals surface area contributed by atoms with Crippen LogP contribution >= 0.6 is 15.9 Å². The van der Waals surface area contributed by atoms with Gasteiger partial charge in [-0.05, 0) is 19.4 Å². The summed E-state index contributed by atoms with van der Waals surface area (Å²) >= 11 is 3.23. The van der Waals surface area contributed by atoms with Gasteiger partial charge in [0.1, 0.15) is 10.4 Å². The number of ether oxygens (including phenoxy) is 1. The van der Waals surface area contributed by atoms with E-state index in [9.17, 15) is 9.90 Å². The molecule has 0 aliphatic carbocycles. The SMILES string of the molecule is CCOC(=O)[C@@](C)(Br)[C@H](O)c1ccccc1. The summed E-state index contributed by atoms with van der Waals surface area (Å²) in [5.41, 5.74) is 0.676. The lowest BCUT2D eigenvalue weighted by molar-refractivity contribution is -0.148. The highest BCUT2D eigenvalue weighted by molar-refractivity contribution is 9.10. The molecule has 0 aliphatic heterocycles. The van der Waals surface area contributed by atoms with Crippen LogP contribution in [-0.4, -0.2) is 22.0 Å². The van der Waals surface area contributed by atoms with E-state index in [0.717, 1.165) is 0 Å². The van der Waals surface area contributed by atoms with E-state index >= 15 is 0 Å². The fourth-order valence-electron chi connectivity index (χ4n) is 1.33. The van der Waals surface area contributed by atoms with Crippen molar-refractivity contribution >= 4 is 21.9 Å². The zero-order valence-electron chi connectivity index (χ0n) is 9.31. The van der Waals surface area contributed by atoms with E-state index in [4.69, 9.17) is 4.74 Å². The van der Waals surface area contributed by atoms with Crippen LogP contribution in [0.3, 0.4) is 0 Å². The first-order valence-corrected chi connectivity index (χ1v) is 5.88. The first-order chi connectivity index (χ1) is 7.50. The Morgan fingerprint density at radius 2 is 2.06 bits per heavy atom. The van der Waals surface area contributed by atoms with Gasteiger partial charge >= 0.3 is 5.97 Å². The van der Waals surface area contributed by atoms with E-state index < -0.39 is 16.4 Å². The second-order valence-corrected chi connectivity index (χ2v) is 5.26. The van der Waals surface area contributed by atoms with Gasteiger partial charge in [-0.3, -0.25) is 4.79 Å². The number of hydrogen-bond acceptors (Lipinski definition) is 3. The van der Waals surface area contributed by atoms with Crippen molar-refractivity contribution in [3.8, 4) is 0 Å². The average Bonchev–Trinajstić information content (AvgIpc) is 2.29. The number of rotatable bonds is 4. The van der Waals surface area contributed by atoms with Crippen LogP contribution in [0.15, 0.2) is 30.3 Å². The lowest BCUT2D eigenvalue weighted by atomic mass is 9.97. The molecule has 0 amide bonds. The second-order valence-electron chi connectivity index (χ2n) is 3.61. The Morgan fingerprint density at radius 3 is 2.56 bits per heavy atom. The number of aliphatic hydroxyl groups excluding tert-OH is 1. The molecule has 0 aromatic heterocycles. The summed E-state index contributed by atoms with van der Waals surface area (Å²) in [6, 6.07) is 9.01. The smallest absolute Gasteiger partial charge is 0.325 e. The van der Waals surface area contributed by atoms with Crippen LogP contribution in [0.4, 0.5) is 0 Å². The van der Waals surface area contributed by atoms with E-state index in [1.165, 1.54) is 0 Å². The van der Waals surface area contributed by atoms with Crippen LogP contribution in [0.1, 0.15) is 25.5 Å². The fourth-order valence-corrected chi connectivity index (χ4v) is 1.71. The van der Waals surface area contributed by atoms with Crippen LogP contribution in [-0.2, 0) is 9.53 Å². The molecule has 0 fully saturated rings. The largest absolute Gasteiger partial charge is 0.465 e. The van der Waals surface area contributed by atoms with E-state index in [1.807, 2.05) is 18.2 Å². The highest BCUT2D eigenvalue weighted by atomic mass is 79.9. The van der Waals surface area contributed by atoms with Crippen molar-refractivity contribution in [1.29, 1.82) is 0 Å². The molecule has 0 saturated heterocycles. The number of halogens is 1. The number of carbonyl (C=O) groups is 1. The van der Waals surface area contributed by atoms with Gasteiger partial charge in [0.05, 0.1) is 6.61 Å². The van der Waals surface area contributed by atoms with E-state index in [0.29, 0.717) is 12.2 Å². The van der Waals surface area contributed by atoms with E-state index in [-0.39, 0.29) is 0 Å². The van der Waals surface area contributed by atoms with Crippen molar-refractivity contribution in [2.75, 3.05) is 6.61 Å². The summed E-state index contributed by atoms with van der Waals surface area (Å²) < 4.78 is 3.78. The van der Waals surface area contributed by atoms with Crippen molar-refractivity contribution in [2.24, 2.45) is 0 Å². The molecule has 0 bridgehead atoms. The van der Waals surface area contributed by atoms with Gasteiger partial charge < -0.3 is 9.84 Å². The first-order valence-electron chi connectivity index (χ1n) is 5.09. The molecule has 4 heteroatoms. The molecule has 1 aromatic carbocycles. The number of benzene rings is 1. The molecule has 0 unspecified atom stereocenters. The molecule has 0 heterocycles. The molecule has 0 radical (unpaired) electrons. The summed E-state index contributed by atoms with van der Waals surface area (Å²) in [7, 11) is 0. The molecule has 16 heavy (non-hydrogen) atoms. The summed E-state index contributed by atoms with van der Waals surface area (Å²) in [6.07, 6.45) is -0.937. The van der Waals surface area contributed by atoms with Gasteiger partial charge in [-0.25, -0.2) is 0 Å². The third-order valence-corrected chi connectivity index (χ3v) is 3.06. The maximum absolute atomic E-state index is 11.7. The molecule has 0 spiro atoms. The molecular weight excluding hydrogens is 272 g/mol. The van der Waals surface area contributed by atoms with Gasteiger partial charge in [0.2, 0.25) is 0 Å². The first kappa shape index (κ1) is 13.2. The zero-order chi connectivity index (χ0) is 12.2. The Balaban J connectivity index is 2.87. The second kappa shape index (κ2) is 5.46. The molecule has 1 aromatic rings. The zero-order valence-corrected chi connectivity index (χ0v) is 10.9. The van der Waals surface area contributed by atoms with Crippen LogP contribution < -0.4 is 0 Å². The van der Waals surface area contributed by atoms with Crippen LogP contribution in [0, 0.1) is 0 Å². The minimum Gasteiger partial charge on any atom is -0.465 e. The number of aliphatic hydroxyl groups is 1. The summed E-state index contributed by atoms with van der Waals surface area (Å²) in [5, 5.41) is 10.1. The molecule has 88 valence electrons. The van der Waals surface area contributed by atoms with Gasteiger partial charge in [0.15, 0.2) is 0 Å². The quantitative estimate of drug-likeness (QED) is 0.683. The highest BCUT2D eigenvalue weighted by Crippen LogP contribution is 2.34. The van der Waals surface area contributed by atoms with Crippen molar-refractivity contribution in [1.82, 2.24) is 0 Å². The minimum absolute atomic E-state index is 0.293. The molecule has 1 N–H and O–H groups in total.